The first kappa shape index (κ1) is 15.9. The van der Waals surface area contributed by atoms with Crippen LogP contribution < -0.4 is 5.32 Å². The summed E-state index contributed by atoms with van der Waals surface area (Å²) in [5, 5.41) is 11.3. The third kappa shape index (κ3) is 4.22. The predicted molar refractivity (Wildman–Crippen MR) is 74.5 cm³/mol. The number of carbonyl (C=O) groups excluding carboxylic acids is 1. The first-order valence-corrected chi connectivity index (χ1v) is 6.58. The smallest absolute Gasteiger partial charge is 0.335 e. The molecule has 6 heteroatoms. The molecule has 1 rings (SSSR count). The highest BCUT2D eigenvalue weighted by atomic mass is 19.1. The molecule has 0 heterocycles. The van der Waals surface area contributed by atoms with Crippen molar-refractivity contribution in [3.05, 3.63) is 29.6 Å². The van der Waals surface area contributed by atoms with Gasteiger partial charge in [0.25, 0.3) is 0 Å². The van der Waals surface area contributed by atoms with Crippen LogP contribution in [-0.2, 0) is 0 Å². The topological polar surface area (TPSA) is 69.6 Å². The Labute approximate surface area is 117 Å². The second kappa shape index (κ2) is 7.47. The Balaban J connectivity index is 2.87. The second-order valence-electron chi connectivity index (χ2n) is 4.42. The number of rotatable bonds is 6. The number of nitrogens with one attached hydrogen (secondary N) is 1. The van der Waals surface area contributed by atoms with Crippen molar-refractivity contribution in [3.63, 3.8) is 0 Å². The van der Waals surface area contributed by atoms with Gasteiger partial charge in [0, 0.05) is 13.1 Å². The fourth-order valence-electron chi connectivity index (χ4n) is 1.80. The van der Waals surface area contributed by atoms with E-state index >= 15 is 0 Å². The summed E-state index contributed by atoms with van der Waals surface area (Å²) in [4.78, 5) is 24.4. The zero-order chi connectivity index (χ0) is 15.1. The van der Waals surface area contributed by atoms with E-state index in [2.05, 4.69) is 5.32 Å². The highest BCUT2D eigenvalue weighted by Crippen LogP contribution is 2.17. The maximum atomic E-state index is 13.6. The molecule has 0 aliphatic carbocycles. The molecule has 0 unspecified atom stereocenters. The van der Waals surface area contributed by atoms with Crippen molar-refractivity contribution >= 4 is 17.7 Å². The summed E-state index contributed by atoms with van der Waals surface area (Å²) >= 11 is 0. The van der Waals surface area contributed by atoms with Crippen molar-refractivity contribution in [1.29, 1.82) is 0 Å². The fraction of sp³-hybridized carbons (Fsp3) is 0.429. The molecule has 0 aromatic heterocycles. The first-order valence-electron chi connectivity index (χ1n) is 6.58. The average Bonchev–Trinajstić information content (AvgIpc) is 2.40. The van der Waals surface area contributed by atoms with Crippen LogP contribution in [0.2, 0.25) is 0 Å². The minimum Gasteiger partial charge on any atom is -0.478 e. The number of carbonyl (C=O) groups is 2. The molecule has 5 nitrogen and oxygen atoms in total. The van der Waals surface area contributed by atoms with E-state index in [1.165, 1.54) is 0 Å². The molecule has 0 fully saturated rings. The predicted octanol–water partition coefficient (Wildman–Crippen LogP) is 3.18. The van der Waals surface area contributed by atoms with Gasteiger partial charge in [-0.15, -0.1) is 0 Å². The third-order valence-electron chi connectivity index (χ3n) is 2.73. The number of amides is 2. The number of hydrogen-bond acceptors (Lipinski definition) is 2. The zero-order valence-electron chi connectivity index (χ0n) is 11.6. The number of anilines is 1. The minimum absolute atomic E-state index is 0.0702. The van der Waals surface area contributed by atoms with Crippen LogP contribution in [0.4, 0.5) is 14.9 Å². The largest absolute Gasteiger partial charge is 0.478 e. The monoisotopic (exact) mass is 282 g/mol. The highest BCUT2D eigenvalue weighted by Gasteiger charge is 2.15. The molecule has 0 saturated carbocycles. The number of benzene rings is 1. The Bertz CT molecular complexity index is 485. The van der Waals surface area contributed by atoms with Crippen LogP contribution in [0, 0.1) is 5.82 Å². The highest BCUT2D eigenvalue weighted by molar-refractivity contribution is 5.93. The summed E-state index contributed by atoms with van der Waals surface area (Å²) in [6, 6.07) is 2.88. The van der Waals surface area contributed by atoms with E-state index in [9.17, 15) is 14.0 Å². The molecule has 20 heavy (non-hydrogen) atoms. The van der Waals surface area contributed by atoms with Gasteiger partial charge in [0.15, 0.2) is 0 Å². The Morgan fingerprint density at radius 2 is 1.85 bits per heavy atom. The lowest BCUT2D eigenvalue weighted by Gasteiger charge is -2.22. The van der Waals surface area contributed by atoms with Crippen molar-refractivity contribution in [1.82, 2.24) is 4.90 Å². The summed E-state index contributed by atoms with van der Waals surface area (Å²) in [7, 11) is 0. The summed E-state index contributed by atoms with van der Waals surface area (Å²) in [5.41, 5.74) is -0.189. The minimum atomic E-state index is -1.17. The quantitative estimate of drug-likeness (QED) is 0.842. The van der Waals surface area contributed by atoms with Crippen LogP contribution in [0.1, 0.15) is 37.0 Å². The number of urea groups is 1. The normalized spacial score (nSPS) is 10.2. The SMILES string of the molecule is CCCN(CCC)C(=O)Nc1cc(C(=O)O)ccc1F. The molecule has 0 saturated heterocycles. The Hall–Kier alpha value is -2.11. The van der Waals surface area contributed by atoms with Crippen molar-refractivity contribution in [2.24, 2.45) is 0 Å². The zero-order valence-corrected chi connectivity index (χ0v) is 11.6. The number of aromatic carboxylic acids is 1. The Morgan fingerprint density at radius 1 is 1.25 bits per heavy atom. The molecule has 2 N–H and O–H groups in total. The van der Waals surface area contributed by atoms with E-state index in [-0.39, 0.29) is 11.3 Å². The standard InChI is InChI=1S/C14H19FN2O3/c1-3-7-17(8-4-2)14(20)16-12-9-10(13(18)19)5-6-11(12)15/h5-6,9H,3-4,7-8H2,1-2H3,(H,16,20)(H,18,19). The van der Waals surface area contributed by atoms with Gasteiger partial charge in [-0.25, -0.2) is 14.0 Å². The van der Waals surface area contributed by atoms with E-state index in [4.69, 9.17) is 5.11 Å². The molecular formula is C14H19FN2O3. The number of hydrogen-bond donors (Lipinski definition) is 2. The Kier molecular flexibility index (Phi) is 5.96. The van der Waals surface area contributed by atoms with Gasteiger partial charge in [0.2, 0.25) is 0 Å². The van der Waals surface area contributed by atoms with Crippen molar-refractivity contribution in [2.45, 2.75) is 26.7 Å². The van der Waals surface area contributed by atoms with E-state index in [1.807, 2.05) is 13.8 Å². The molecule has 110 valence electrons. The molecule has 2 amide bonds. The molecule has 1 aromatic rings. The van der Waals surface area contributed by atoms with E-state index in [1.54, 1.807) is 4.90 Å². The molecule has 0 spiro atoms. The molecular weight excluding hydrogens is 263 g/mol. The second-order valence-corrected chi connectivity index (χ2v) is 4.42. The van der Waals surface area contributed by atoms with Gasteiger partial charge in [-0.05, 0) is 31.0 Å². The van der Waals surface area contributed by atoms with E-state index < -0.39 is 17.8 Å². The first-order chi connectivity index (χ1) is 9.49. The summed E-state index contributed by atoms with van der Waals surface area (Å²) in [5.74, 6) is -1.82. The molecule has 0 aliphatic heterocycles. The molecule has 0 aliphatic rings. The van der Waals surface area contributed by atoms with Crippen LogP contribution in [0.15, 0.2) is 18.2 Å². The molecule has 0 atom stereocenters. The third-order valence-corrected chi connectivity index (χ3v) is 2.73. The van der Waals surface area contributed by atoms with Crippen LogP contribution in [0.3, 0.4) is 0 Å². The summed E-state index contributed by atoms with van der Waals surface area (Å²) in [6.07, 6.45) is 1.59. The number of nitrogens with zero attached hydrogens (tertiary/aromatic N) is 1. The van der Waals surface area contributed by atoms with Gasteiger partial charge in [-0.2, -0.15) is 0 Å². The van der Waals surface area contributed by atoms with Crippen LogP contribution >= 0.6 is 0 Å². The van der Waals surface area contributed by atoms with Gasteiger partial charge in [-0.3, -0.25) is 0 Å². The van der Waals surface area contributed by atoms with Gasteiger partial charge in [0.1, 0.15) is 5.82 Å². The van der Waals surface area contributed by atoms with Crippen molar-refractivity contribution in [3.8, 4) is 0 Å². The lowest BCUT2D eigenvalue weighted by molar-refractivity contribution is 0.0697. The average molecular weight is 282 g/mol. The molecule has 0 radical (unpaired) electrons. The summed E-state index contributed by atoms with van der Waals surface area (Å²) in [6.45, 7) is 5.03. The Morgan fingerprint density at radius 3 is 2.35 bits per heavy atom. The number of carboxylic acids is 1. The van der Waals surface area contributed by atoms with Crippen molar-refractivity contribution < 1.29 is 19.1 Å². The number of halogens is 1. The van der Waals surface area contributed by atoms with Crippen molar-refractivity contribution in [2.75, 3.05) is 18.4 Å². The van der Waals surface area contributed by atoms with E-state index in [0.717, 1.165) is 31.0 Å². The number of carboxylic acid groups (broad SMARTS) is 1. The fourth-order valence-corrected chi connectivity index (χ4v) is 1.80. The van der Waals surface area contributed by atoms with Crippen LogP contribution in [0.5, 0.6) is 0 Å². The molecule has 0 bridgehead atoms. The lowest BCUT2D eigenvalue weighted by atomic mass is 10.2. The van der Waals surface area contributed by atoms with Crippen LogP contribution in [-0.4, -0.2) is 35.1 Å². The maximum absolute atomic E-state index is 13.6. The lowest BCUT2D eigenvalue weighted by Crippen LogP contribution is -2.36. The van der Waals surface area contributed by atoms with Gasteiger partial charge in [-0.1, -0.05) is 13.8 Å². The van der Waals surface area contributed by atoms with E-state index in [0.29, 0.717) is 13.1 Å². The molecule has 1 aromatic carbocycles. The van der Waals surface area contributed by atoms with Crippen LogP contribution in [0.25, 0.3) is 0 Å². The van der Waals surface area contributed by atoms with Gasteiger partial charge >= 0.3 is 12.0 Å². The summed E-state index contributed by atoms with van der Waals surface area (Å²) < 4.78 is 13.6. The maximum Gasteiger partial charge on any atom is 0.335 e. The van der Waals surface area contributed by atoms with Gasteiger partial charge in [0.05, 0.1) is 11.3 Å². The van der Waals surface area contributed by atoms with Gasteiger partial charge < -0.3 is 15.3 Å².